The van der Waals surface area contributed by atoms with Crippen LogP contribution in [0.1, 0.15) is 50.5 Å². The van der Waals surface area contributed by atoms with Gasteiger partial charge in [0.15, 0.2) is 0 Å². The molecule has 2 heteroatoms. The number of fused-ring (bicyclic) bond motifs is 1. The van der Waals surface area contributed by atoms with Crippen LogP contribution in [0.15, 0.2) is 22.6 Å². The van der Waals surface area contributed by atoms with Crippen LogP contribution in [0, 0.1) is 0 Å². The van der Waals surface area contributed by atoms with Crippen molar-refractivity contribution in [2.75, 3.05) is 6.54 Å². The standard InChI is InChI=1S/C16H23NO/c1-5-12-14-9-7-8-13(11(3)4)16(14)18-15(12)10-17-6-2/h7-9,11,17H,5-6,10H2,1-4H3. The summed E-state index contributed by atoms with van der Waals surface area (Å²) >= 11 is 0. The van der Waals surface area contributed by atoms with E-state index < -0.39 is 0 Å². The number of benzene rings is 1. The third kappa shape index (κ3) is 2.30. The second kappa shape index (κ2) is 5.57. The molecule has 1 N–H and O–H groups in total. The Hall–Kier alpha value is -1.28. The first-order valence-corrected chi connectivity index (χ1v) is 6.92. The van der Waals surface area contributed by atoms with E-state index in [0.717, 1.165) is 30.9 Å². The zero-order valence-corrected chi connectivity index (χ0v) is 11.8. The molecule has 0 bridgehead atoms. The van der Waals surface area contributed by atoms with Crippen molar-refractivity contribution in [1.29, 1.82) is 0 Å². The Kier molecular flexibility index (Phi) is 4.07. The summed E-state index contributed by atoms with van der Waals surface area (Å²) in [7, 11) is 0. The highest BCUT2D eigenvalue weighted by Gasteiger charge is 2.15. The van der Waals surface area contributed by atoms with E-state index in [1.54, 1.807) is 0 Å². The van der Waals surface area contributed by atoms with Crippen molar-refractivity contribution in [3.8, 4) is 0 Å². The van der Waals surface area contributed by atoms with Gasteiger partial charge in [-0.15, -0.1) is 0 Å². The Morgan fingerprint density at radius 1 is 1.22 bits per heavy atom. The molecule has 2 nitrogen and oxygen atoms in total. The molecule has 0 saturated carbocycles. The summed E-state index contributed by atoms with van der Waals surface area (Å²) in [6, 6.07) is 6.50. The lowest BCUT2D eigenvalue weighted by Gasteiger charge is -2.05. The first-order valence-electron chi connectivity index (χ1n) is 6.92. The highest BCUT2D eigenvalue weighted by atomic mass is 16.3. The summed E-state index contributed by atoms with van der Waals surface area (Å²) in [4.78, 5) is 0. The van der Waals surface area contributed by atoms with Crippen LogP contribution in [0.2, 0.25) is 0 Å². The maximum absolute atomic E-state index is 6.12. The molecular weight excluding hydrogens is 222 g/mol. The quantitative estimate of drug-likeness (QED) is 0.852. The van der Waals surface area contributed by atoms with Gasteiger partial charge in [0.1, 0.15) is 11.3 Å². The Morgan fingerprint density at radius 3 is 2.61 bits per heavy atom. The van der Waals surface area contributed by atoms with Crippen molar-refractivity contribution in [3.05, 3.63) is 35.1 Å². The minimum atomic E-state index is 0.497. The van der Waals surface area contributed by atoms with E-state index in [9.17, 15) is 0 Å². The van der Waals surface area contributed by atoms with Gasteiger partial charge in [0.2, 0.25) is 0 Å². The van der Waals surface area contributed by atoms with Gasteiger partial charge in [0.25, 0.3) is 0 Å². The molecule has 1 aromatic carbocycles. The fourth-order valence-electron chi connectivity index (χ4n) is 2.46. The largest absolute Gasteiger partial charge is 0.459 e. The monoisotopic (exact) mass is 245 g/mol. The van der Waals surface area contributed by atoms with Crippen LogP contribution in [0.3, 0.4) is 0 Å². The molecule has 0 aliphatic rings. The molecule has 1 aromatic heterocycles. The molecule has 0 radical (unpaired) electrons. The van der Waals surface area contributed by atoms with Gasteiger partial charge in [-0.1, -0.05) is 45.9 Å². The average molecular weight is 245 g/mol. The van der Waals surface area contributed by atoms with Gasteiger partial charge in [0, 0.05) is 10.9 Å². The highest BCUT2D eigenvalue weighted by molar-refractivity contribution is 5.85. The Balaban J connectivity index is 2.56. The van der Waals surface area contributed by atoms with Crippen LogP contribution in [-0.2, 0) is 13.0 Å². The van der Waals surface area contributed by atoms with Crippen molar-refractivity contribution in [2.45, 2.75) is 46.6 Å². The first-order chi connectivity index (χ1) is 8.69. The maximum Gasteiger partial charge on any atom is 0.138 e. The molecule has 0 atom stereocenters. The fourth-order valence-corrected chi connectivity index (χ4v) is 2.46. The summed E-state index contributed by atoms with van der Waals surface area (Å²) in [5.74, 6) is 1.60. The van der Waals surface area contributed by atoms with E-state index in [4.69, 9.17) is 4.42 Å². The van der Waals surface area contributed by atoms with Gasteiger partial charge in [-0.2, -0.15) is 0 Å². The predicted octanol–water partition coefficient (Wildman–Crippen LogP) is 4.23. The number of furan rings is 1. The van der Waals surface area contributed by atoms with Gasteiger partial charge in [-0.3, -0.25) is 0 Å². The molecule has 0 aliphatic heterocycles. The average Bonchev–Trinajstić information content (AvgIpc) is 2.73. The number of rotatable bonds is 5. The summed E-state index contributed by atoms with van der Waals surface area (Å²) in [5.41, 5.74) is 3.75. The maximum atomic E-state index is 6.12. The lowest BCUT2D eigenvalue weighted by Crippen LogP contribution is -2.12. The minimum absolute atomic E-state index is 0.497. The van der Waals surface area contributed by atoms with Crippen LogP contribution >= 0.6 is 0 Å². The van der Waals surface area contributed by atoms with Crippen molar-refractivity contribution >= 4 is 11.0 Å². The smallest absolute Gasteiger partial charge is 0.138 e. The lowest BCUT2D eigenvalue weighted by molar-refractivity contribution is 0.510. The van der Waals surface area contributed by atoms with Gasteiger partial charge in [-0.05, 0) is 24.4 Å². The van der Waals surface area contributed by atoms with Gasteiger partial charge in [0.05, 0.1) is 6.54 Å². The van der Waals surface area contributed by atoms with Crippen molar-refractivity contribution in [2.24, 2.45) is 0 Å². The molecule has 2 rings (SSSR count). The molecule has 98 valence electrons. The molecule has 0 saturated heterocycles. The molecule has 0 aliphatic carbocycles. The number of nitrogens with one attached hydrogen (secondary N) is 1. The fraction of sp³-hybridized carbons (Fsp3) is 0.500. The Labute approximate surface area is 109 Å². The summed E-state index contributed by atoms with van der Waals surface area (Å²) < 4.78 is 6.12. The second-order valence-electron chi connectivity index (χ2n) is 5.02. The number of hydrogen-bond donors (Lipinski definition) is 1. The SMILES string of the molecule is CCNCc1oc2c(C(C)C)cccc2c1CC. The van der Waals surface area contributed by atoms with Crippen molar-refractivity contribution in [1.82, 2.24) is 5.32 Å². The van der Waals surface area contributed by atoms with Crippen molar-refractivity contribution in [3.63, 3.8) is 0 Å². The summed E-state index contributed by atoms with van der Waals surface area (Å²) in [6.07, 6.45) is 1.02. The van der Waals surface area contributed by atoms with E-state index in [0.29, 0.717) is 5.92 Å². The highest BCUT2D eigenvalue weighted by Crippen LogP contribution is 2.32. The first kappa shape index (κ1) is 13.2. The summed E-state index contributed by atoms with van der Waals surface area (Å²) in [6.45, 7) is 10.5. The molecule has 2 aromatic rings. The van der Waals surface area contributed by atoms with E-state index in [1.165, 1.54) is 16.5 Å². The summed E-state index contributed by atoms with van der Waals surface area (Å²) in [5, 5.41) is 4.64. The van der Waals surface area contributed by atoms with Crippen LogP contribution in [0.4, 0.5) is 0 Å². The minimum Gasteiger partial charge on any atom is -0.459 e. The van der Waals surface area contributed by atoms with E-state index in [2.05, 4.69) is 51.2 Å². The van der Waals surface area contributed by atoms with Crippen LogP contribution in [0.5, 0.6) is 0 Å². The molecule has 0 unspecified atom stereocenters. The molecule has 18 heavy (non-hydrogen) atoms. The van der Waals surface area contributed by atoms with Crippen LogP contribution in [0.25, 0.3) is 11.0 Å². The van der Waals surface area contributed by atoms with E-state index in [-0.39, 0.29) is 0 Å². The molecule has 0 amide bonds. The van der Waals surface area contributed by atoms with E-state index >= 15 is 0 Å². The molecular formula is C16H23NO. The van der Waals surface area contributed by atoms with E-state index in [1.807, 2.05) is 0 Å². The molecule has 0 fully saturated rings. The zero-order valence-electron chi connectivity index (χ0n) is 11.8. The number of aryl methyl sites for hydroxylation is 1. The lowest BCUT2D eigenvalue weighted by atomic mass is 9.99. The van der Waals surface area contributed by atoms with Crippen LogP contribution in [-0.4, -0.2) is 6.54 Å². The number of para-hydroxylation sites is 1. The Morgan fingerprint density at radius 2 is 2.00 bits per heavy atom. The van der Waals surface area contributed by atoms with Gasteiger partial charge >= 0.3 is 0 Å². The van der Waals surface area contributed by atoms with Gasteiger partial charge < -0.3 is 9.73 Å². The van der Waals surface area contributed by atoms with Crippen molar-refractivity contribution < 1.29 is 4.42 Å². The second-order valence-corrected chi connectivity index (χ2v) is 5.02. The number of hydrogen-bond acceptors (Lipinski definition) is 2. The predicted molar refractivity (Wildman–Crippen MR) is 77.1 cm³/mol. The third-order valence-corrected chi connectivity index (χ3v) is 3.44. The zero-order chi connectivity index (χ0) is 13.1. The Bertz CT molecular complexity index is 525. The van der Waals surface area contributed by atoms with Crippen LogP contribution < -0.4 is 5.32 Å². The normalized spacial score (nSPS) is 11.6. The molecule has 0 spiro atoms. The topological polar surface area (TPSA) is 25.2 Å². The van der Waals surface area contributed by atoms with Gasteiger partial charge in [-0.25, -0.2) is 0 Å². The molecule has 1 heterocycles. The third-order valence-electron chi connectivity index (χ3n) is 3.44.